The first-order valence-electron chi connectivity index (χ1n) is 7.44. The lowest BCUT2D eigenvalue weighted by Crippen LogP contribution is -2.50. The van der Waals surface area contributed by atoms with E-state index in [0.29, 0.717) is 18.2 Å². The van der Waals surface area contributed by atoms with Gasteiger partial charge in [-0.2, -0.15) is 0 Å². The van der Waals surface area contributed by atoms with Crippen LogP contribution in [0.15, 0.2) is 23.1 Å². The molecular weight excluding hydrogens is 291 g/mol. The minimum Gasteiger partial charge on any atom is -0.310 e. The van der Waals surface area contributed by atoms with Gasteiger partial charge in [-0.25, -0.2) is 17.5 Å². The Labute approximate surface area is 125 Å². The summed E-state index contributed by atoms with van der Waals surface area (Å²) in [5.74, 6) is -0.524. The molecule has 0 atom stereocenters. The molecule has 1 aromatic rings. The Hall–Kier alpha value is -0.980. The maximum atomic E-state index is 13.5. The molecule has 2 fully saturated rings. The van der Waals surface area contributed by atoms with Crippen molar-refractivity contribution in [3.05, 3.63) is 29.6 Å². The van der Waals surface area contributed by atoms with Crippen molar-refractivity contribution in [1.29, 1.82) is 0 Å². The fourth-order valence-electron chi connectivity index (χ4n) is 2.65. The number of sulfonamides is 1. The zero-order chi connectivity index (χ0) is 15.1. The predicted molar refractivity (Wildman–Crippen MR) is 78.8 cm³/mol. The Kier molecular flexibility index (Phi) is 3.80. The zero-order valence-corrected chi connectivity index (χ0v) is 13.0. The average molecular weight is 312 g/mol. The van der Waals surface area contributed by atoms with Crippen LogP contribution in [0, 0.1) is 5.82 Å². The van der Waals surface area contributed by atoms with Crippen LogP contribution in [-0.2, 0) is 16.6 Å². The standard InChI is InChI=1S/C15H21FN2O2S/c1-15(7-2-8-15)18-21(19,20)14-9-12(16)4-3-11(14)10-17-13-5-6-13/h3-4,9,13,17-18H,2,5-8,10H2,1H3. The Morgan fingerprint density at radius 2 is 2.05 bits per heavy atom. The Balaban J connectivity index is 1.85. The van der Waals surface area contributed by atoms with E-state index >= 15 is 0 Å². The Bertz CT molecular complexity index is 637. The van der Waals surface area contributed by atoms with Crippen LogP contribution in [0.4, 0.5) is 4.39 Å². The van der Waals surface area contributed by atoms with Crippen molar-refractivity contribution < 1.29 is 12.8 Å². The van der Waals surface area contributed by atoms with E-state index < -0.39 is 15.8 Å². The number of hydrogen-bond donors (Lipinski definition) is 2. The van der Waals surface area contributed by atoms with E-state index in [2.05, 4.69) is 10.0 Å². The zero-order valence-electron chi connectivity index (χ0n) is 12.2. The van der Waals surface area contributed by atoms with Crippen LogP contribution in [0.2, 0.25) is 0 Å². The molecule has 0 radical (unpaired) electrons. The van der Waals surface area contributed by atoms with E-state index in [1.807, 2.05) is 6.92 Å². The molecule has 116 valence electrons. The minimum atomic E-state index is -3.69. The summed E-state index contributed by atoms with van der Waals surface area (Å²) < 4.78 is 41.4. The van der Waals surface area contributed by atoms with Crippen molar-refractivity contribution in [3.8, 4) is 0 Å². The van der Waals surface area contributed by atoms with Crippen LogP contribution in [-0.4, -0.2) is 20.0 Å². The average Bonchev–Trinajstić information content (AvgIpc) is 3.19. The highest BCUT2D eigenvalue weighted by Gasteiger charge is 2.37. The third-order valence-corrected chi connectivity index (χ3v) is 6.04. The number of nitrogens with one attached hydrogen (secondary N) is 2. The van der Waals surface area contributed by atoms with Gasteiger partial charge < -0.3 is 5.32 Å². The first-order valence-corrected chi connectivity index (χ1v) is 8.92. The van der Waals surface area contributed by atoms with Crippen LogP contribution in [0.1, 0.15) is 44.6 Å². The Morgan fingerprint density at radius 1 is 1.33 bits per heavy atom. The van der Waals surface area contributed by atoms with Crippen LogP contribution in [0.25, 0.3) is 0 Å². The van der Waals surface area contributed by atoms with Gasteiger partial charge in [0.2, 0.25) is 10.0 Å². The molecule has 6 heteroatoms. The summed E-state index contributed by atoms with van der Waals surface area (Å²) in [6, 6.07) is 4.47. The van der Waals surface area contributed by atoms with E-state index in [4.69, 9.17) is 0 Å². The Morgan fingerprint density at radius 3 is 2.62 bits per heavy atom. The fourth-order valence-corrected chi connectivity index (χ4v) is 4.37. The molecule has 0 amide bonds. The smallest absolute Gasteiger partial charge is 0.241 e. The second-order valence-corrected chi connectivity index (χ2v) is 8.08. The lowest BCUT2D eigenvalue weighted by atomic mass is 9.80. The molecule has 21 heavy (non-hydrogen) atoms. The summed E-state index contributed by atoms with van der Waals surface area (Å²) in [4.78, 5) is 0.0591. The molecule has 0 unspecified atom stereocenters. The monoisotopic (exact) mass is 312 g/mol. The number of halogens is 1. The third-order valence-electron chi connectivity index (χ3n) is 4.32. The number of hydrogen-bond acceptors (Lipinski definition) is 3. The third kappa shape index (κ3) is 3.44. The topological polar surface area (TPSA) is 58.2 Å². The van der Waals surface area contributed by atoms with E-state index in [1.54, 1.807) is 6.07 Å². The van der Waals surface area contributed by atoms with E-state index in [1.165, 1.54) is 6.07 Å². The van der Waals surface area contributed by atoms with Gasteiger partial charge in [0.1, 0.15) is 5.82 Å². The molecule has 0 spiro atoms. The lowest BCUT2D eigenvalue weighted by Gasteiger charge is -2.38. The van der Waals surface area contributed by atoms with Crippen molar-refractivity contribution in [2.75, 3.05) is 0 Å². The second-order valence-electron chi connectivity index (χ2n) is 6.43. The normalized spacial score (nSPS) is 21.0. The molecule has 3 rings (SSSR count). The molecular formula is C15H21FN2O2S. The van der Waals surface area contributed by atoms with Gasteiger partial charge in [-0.05, 0) is 56.7 Å². The lowest BCUT2D eigenvalue weighted by molar-refractivity contribution is 0.248. The summed E-state index contributed by atoms with van der Waals surface area (Å²) >= 11 is 0. The quantitative estimate of drug-likeness (QED) is 0.847. The molecule has 2 saturated carbocycles. The molecule has 0 aliphatic heterocycles. The van der Waals surface area contributed by atoms with Crippen LogP contribution >= 0.6 is 0 Å². The highest BCUT2D eigenvalue weighted by molar-refractivity contribution is 7.89. The summed E-state index contributed by atoms with van der Waals surface area (Å²) in [6.07, 6.45) is 4.94. The SMILES string of the molecule is CC1(NS(=O)(=O)c2cc(F)ccc2CNC2CC2)CCC1. The molecule has 0 aromatic heterocycles. The molecule has 2 aliphatic rings. The molecule has 0 bridgehead atoms. The largest absolute Gasteiger partial charge is 0.310 e. The van der Waals surface area contributed by atoms with Crippen molar-refractivity contribution in [2.45, 2.75) is 62.0 Å². The molecule has 4 nitrogen and oxygen atoms in total. The van der Waals surface area contributed by atoms with Crippen molar-refractivity contribution >= 4 is 10.0 Å². The van der Waals surface area contributed by atoms with Gasteiger partial charge in [-0.1, -0.05) is 6.07 Å². The maximum Gasteiger partial charge on any atom is 0.241 e. The van der Waals surface area contributed by atoms with Crippen molar-refractivity contribution in [1.82, 2.24) is 10.0 Å². The van der Waals surface area contributed by atoms with Crippen molar-refractivity contribution in [2.24, 2.45) is 0 Å². The first-order chi connectivity index (χ1) is 9.88. The van der Waals surface area contributed by atoms with Gasteiger partial charge >= 0.3 is 0 Å². The fraction of sp³-hybridized carbons (Fsp3) is 0.600. The predicted octanol–water partition coefficient (Wildman–Crippen LogP) is 2.30. The van der Waals surface area contributed by atoms with Gasteiger partial charge in [0, 0.05) is 18.1 Å². The van der Waals surface area contributed by atoms with Gasteiger partial charge in [-0.3, -0.25) is 0 Å². The summed E-state index contributed by atoms with van der Waals surface area (Å²) in [6.45, 7) is 2.35. The van der Waals surface area contributed by atoms with Gasteiger partial charge in [-0.15, -0.1) is 0 Å². The number of benzene rings is 1. The molecule has 2 aliphatic carbocycles. The highest BCUT2D eigenvalue weighted by Crippen LogP contribution is 2.33. The van der Waals surface area contributed by atoms with E-state index in [0.717, 1.165) is 38.2 Å². The summed E-state index contributed by atoms with van der Waals surface area (Å²) in [5.41, 5.74) is 0.241. The maximum absolute atomic E-state index is 13.5. The van der Waals surface area contributed by atoms with Crippen molar-refractivity contribution in [3.63, 3.8) is 0 Å². The van der Waals surface area contributed by atoms with Crippen LogP contribution in [0.5, 0.6) is 0 Å². The van der Waals surface area contributed by atoms with Crippen LogP contribution in [0.3, 0.4) is 0 Å². The molecule has 2 N–H and O–H groups in total. The summed E-state index contributed by atoms with van der Waals surface area (Å²) in [5, 5.41) is 3.28. The second kappa shape index (κ2) is 5.34. The summed E-state index contributed by atoms with van der Waals surface area (Å²) in [7, 11) is -3.69. The first kappa shape index (κ1) is 14.9. The van der Waals surface area contributed by atoms with Crippen LogP contribution < -0.4 is 10.0 Å². The highest BCUT2D eigenvalue weighted by atomic mass is 32.2. The van der Waals surface area contributed by atoms with Gasteiger partial charge in [0.05, 0.1) is 4.90 Å². The van der Waals surface area contributed by atoms with E-state index in [9.17, 15) is 12.8 Å². The molecule has 1 aromatic carbocycles. The molecule has 0 heterocycles. The molecule has 0 saturated heterocycles. The number of rotatable bonds is 6. The minimum absolute atomic E-state index is 0.0591. The van der Waals surface area contributed by atoms with Gasteiger partial charge in [0.25, 0.3) is 0 Å². The van der Waals surface area contributed by atoms with E-state index in [-0.39, 0.29) is 10.4 Å². The van der Waals surface area contributed by atoms with Gasteiger partial charge in [0.15, 0.2) is 0 Å².